The summed E-state index contributed by atoms with van der Waals surface area (Å²) in [4.78, 5) is 2.39. The molecule has 0 aromatic carbocycles. The molecule has 1 aliphatic rings. The summed E-state index contributed by atoms with van der Waals surface area (Å²) in [6.45, 7) is 8.09. The molecule has 1 aliphatic heterocycles. The molecule has 0 spiro atoms. The summed E-state index contributed by atoms with van der Waals surface area (Å²) in [5, 5.41) is 3.45. The molecule has 1 rings (SSSR count). The van der Waals surface area contributed by atoms with Crippen molar-refractivity contribution in [1.29, 1.82) is 0 Å². The maximum absolute atomic E-state index is 5.50. The normalized spacial score (nSPS) is 22.9. The number of hydrogen-bond donors (Lipinski definition) is 1. The lowest BCUT2D eigenvalue weighted by Crippen LogP contribution is -2.39. The zero-order valence-corrected chi connectivity index (χ0v) is 11.6. The first-order valence-electron chi connectivity index (χ1n) is 6.71. The van der Waals surface area contributed by atoms with Crippen molar-refractivity contribution < 1.29 is 9.47 Å². The fourth-order valence-electron chi connectivity index (χ4n) is 2.29. The van der Waals surface area contributed by atoms with E-state index in [9.17, 15) is 0 Å². The minimum atomic E-state index is 0.436. The zero-order chi connectivity index (χ0) is 12.5. The van der Waals surface area contributed by atoms with Gasteiger partial charge in [0.1, 0.15) is 0 Å². The van der Waals surface area contributed by atoms with Crippen molar-refractivity contribution in [1.82, 2.24) is 10.2 Å². The second kappa shape index (κ2) is 8.86. The average molecular weight is 244 g/mol. The van der Waals surface area contributed by atoms with Crippen LogP contribution < -0.4 is 5.32 Å². The van der Waals surface area contributed by atoms with Crippen LogP contribution in [0.15, 0.2) is 0 Å². The predicted octanol–water partition coefficient (Wildman–Crippen LogP) is 0.969. The SMILES string of the molecule is COCC(C)NCCN(C)CC1CCCOC1. The van der Waals surface area contributed by atoms with E-state index in [1.165, 1.54) is 12.8 Å². The lowest BCUT2D eigenvalue weighted by molar-refractivity contribution is 0.0420. The van der Waals surface area contributed by atoms with Gasteiger partial charge in [0.15, 0.2) is 0 Å². The number of hydrogen-bond acceptors (Lipinski definition) is 4. The maximum atomic E-state index is 5.50. The molecule has 2 atom stereocenters. The summed E-state index contributed by atoms with van der Waals surface area (Å²) < 4.78 is 10.6. The Morgan fingerprint density at radius 2 is 2.35 bits per heavy atom. The van der Waals surface area contributed by atoms with Crippen molar-refractivity contribution in [2.75, 3.05) is 53.6 Å². The van der Waals surface area contributed by atoms with Crippen molar-refractivity contribution in [2.45, 2.75) is 25.8 Å². The monoisotopic (exact) mass is 244 g/mol. The minimum absolute atomic E-state index is 0.436. The Hall–Kier alpha value is -0.160. The van der Waals surface area contributed by atoms with Crippen LogP contribution in [-0.4, -0.2) is 64.6 Å². The summed E-state index contributed by atoms with van der Waals surface area (Å²) in [6.07, 6.45) is 2.54. The van der Waals surface area contributed by atoms with Gasteiger partial charge < -0.3 is 19.7 Å². The van der Waals surface area contributed by atoms with E-state index in [0.717, 1.165) is 45.4 Å². The summed E-state index contributed by atoms with van der Waals surface area (Å²) in [6, 6.07) is 0.436. The molecular formula is C13H28N2O2. The van der Waals surface area contributed by atoms with Gasteiger partial charge in [-0.3, -0.25) is 0 Å². The molecular weight excluding hydrogens is 216 g/mol. The predicted molar refractivity (Wildman–Crippen MR) is 70.4 cm³/mol. The number of nitrogens with zero attached hydrogens (tertiary/aromatic N) is 1. The van der Waals surface area contributed by atoms with Gasteiger partial charge in [0.2, 0.25) is 0 Å². The van der Waals surface area contributed by atoms with E-state index in [1.807, 2.05) is 0 Å². The molecule has 0 aromatic heterocycles. The first-order chi connectivity index (χ1) is 8.22. The van der Waals surface area contributed by atoms with E-state index in [4.69, 9.17) is 9.47 Å². The van der Waals surface area contributed by atoms with Crippen LogP contribution in [0, 0.1) is 5.92 Å². The van der Waals surface area contributed by atoms with Gasteiger partial charge in [0.25, 0.3) is 0 Å². The van der Waals surface area contributed by atoms with E-state index in [0.29, 0.717) is 6.04 Å². The fourth-order valence-corrected chi connectivity index (χ4v) is 2.29. The smallest absolute Gasteiger partial charge is 0.0613 e. The lowest BCUT2D eigenvalue weighted by atomic mass is 10.0. The number of ether oxygens (including phenoxy) is 2. The molecule has 0 bridgehead atoms. The van der Waals surface area contributed by atoms with E-state index in [-0.39, 0.29) is 0 Å². The molecule has 4 heteroatoms. The molecule has 17 heavy (non-hydrogen) atoms. The van der Waals surface area contributed by atoms with Gasteiger partial charge in [0, 0.05) is 39.4 Å². The Bertz CT molecular complexity index is 184. The van der Waals surface area contributed by atoms with Crippen molar-refractivity contribution in [3.63, 3.8) is 0 Å². The van der Waals surface area contributed by atoms with Crippen LogP contribution in [-0.2, 0) is 9.47 Å². The molecule has 1 heterocycles. The average Bonchev–Trinajstić information content (AvgIpc) is 2.30. The third-order valence-electron chi connectivity index (χ3n) is 3.23. The van der Waals surface area contributed by atoms with Gasteiger partial charge in [-0.1, -0.05) is 0 Å². The molecule has 1 saturated heterocycles. The Morgan fingerprint density at radius 1 is 1.53 bits per heavy atom. The molecule has 102 valence electrons. The second-order valence-corrected chi connectivity index (χ2v) is 5.16. The van der Waals surface area contributed by atoms with Crippen LogP contribution in [0.1, 0.15) is 19.8 Å². The molecule has 2 unspecified atom stereocenters. The Kier molecular flexibility index (Phi) is 7.77. The van der Waals surface area contributed by atoms with Gasteiger partial charge in [-0.05, 0) is 32.7 Å². The van der Waals surface area contributed by atoms with Crippen LogP contribution in [0.3, 0.4) is 0 Å². The standard InChI is InChI=1S/C13H28N2O2/c1-12(10-16-3)14-6-7-15(2)9-13-5-4-8-17-11-13/h12-14H,4-11H2,1-3H3. The van der Waals surface area contributed by atoms with Crippen LogP contribution in [0.25, 0.3) is 0 Å². The van der Waals surface area contributed by atoms with E-state index in [2.05, 4.69) is 24.2 Å². The lowest BCUT2D eigenvalue weighted by Gasteiger charge is -2.27. The molecule has 0 radical (unpaired) electrons. The highest BCUT2D eigenvalue weighted by Crippen LogP contribution is 2.13. The molecule has 1 N–H and O–H groups in total. The summed E-state index contributed by atoms with van der Waals surface area (Å²) >= 11 is 0. The highest BCUT2D eigenvalue weighted by Gasteiger charge is 2.15. The number of likely N-dealkylation sites (N-methyl/N-ethyl adjacent to an activating group) is 1. The molecule has 0 aromatic rings. The Labute approximate surface area is 106 Å². The fraction of sp³-hybridized carbons (Fsp3) is 1.00. The second-order valence-electron chi connectivity index (χ2n) is 5.16. The maximum Gasteiger partial charge on any atom is 0.0613 e. The highest BCUT2D eigenvalue weighted by atomic mass is 16.5. The first-order valence-corrected chi connectivity index (χ1v) is 6.71. The van der Waals surface area contributed by atoms with Crippen LogP contribution >= 0.6 is 0 Å². The molecule has 0 saturated carbocycles. The van der Waals surface area contributed by atoms with Crippen molar-refractivity contribution in [3.05, 3.63) is 0 Å². The van der Waals surface area contributed by atoms with Gasteiger partial charge in [-0.15, -0.1) is 0 Å². The van der Waals surface area contributed by atoms with Crippen LogP contribution in [0.4, 0.5) is 0 Å². The third-order valence-corrected chi connectivity index (χ3v) is 3.23. The first kappa shape index (κ1) is 14.9. The molecule has 4 nitrogen and oxygen atoms in total. The topological polar surface area (TPSA) is 33.7 Å². The molecule has 0 amide bonds. The quantitative estimate of drug-likeness (QED) is 0.690. The largest absolute Gasteiger partial charge is 0.383 e. The van der Waals surface area contributed by atoms with Gasteiger partial charge in [-0.2, -0.15) is 0 Å². The summed E-state index contributed by atoms with van der Waals surface area (Å²) in [5.41, 5.74) is 0. The van der Waals surface area contributed by atoms with Gasteiger partial charge in [0.05, 0.1) is 13.2 Å². The number of methoxy groups -OCH3 is 1. The van der Waals surface area contributed by atoms with Gasteiger partial charge in [-0.25, -0.2) is 0 Å². The van der Waals surface area contributed by atoms with Crippen LogP contribution in [0.5, 0.6) is 0 Å². The Morgan fingerprint density at radius 3 is 3.00 bits per heavy atom. The summed E-state index contributed by atoms with van der Waals surface area (Å²) in [5.74, 6) is 0.727. The van der Waals surface area contributed by atoms with E-state index >= 15 is 0 Å². The van der Waals surface area contributed by atoms with E-state index < -0.39 is 0 Å². The van der Waals surface area contributed by atoms with Crippen LogP contribution in [0.2, 0.25) is 0 Å². The number of rotatable bonds is 8. The van der Waals surface area contributed by atoms with Crippen molar-refractivity contribution >= 4 is 0 Å². The highest BCUT2D eigenvalue weighted by molar-refractivity contribution is 4.68. The summed E-state index contributed by atoms with van der Waals surface area (Å²) in [7, 11) is 3.94. The third kappa shape index (κ3) is 6.99. The van der Waals surface area contributed by atoms with Crippen molar-refractivity contribution in [3.8, 4) is 0 Å². The van der Waals surface area contributed by atoms with Gasteiger partial charge >= 0.3 is 0 Å². The number of nitrogens with one attached hydrogen (secondary N) is 1. The minimum Gasteiger partial charge on any atom is -0.383 e. The molecule has 1 fully saturated rings. The zero-order valence-electron chi connectivity index (χ0n) is 11.6. The Balaban J connectivity index is 2.02. The van der Waals surface area contributed by atoms with E-state index in [1.54, 1.807) is 7.11 Å². The molecule has 0 aliphatic carbocycles. The van der Waals surface area contributed by atoms with Crippen molar-refractivity contribution in [2.24, 2.45) is 5.92 Å².